The molecule has 0 unspecified atom stereocenters. The summed E-state index contributed by atoms with van der Waals surface area (Å²) < 4.78 is 26.4. The average Bonchev–Trinajstić information content (AvgIpc) is 3.80. The number of hydrogen-bond acceptors (Lipinski definition) is 4. The molecular formula is C60H62B2O4. The van der Waals surface area contributed by atoms with E-state index in [4.69, 9.17) is 18.6 Å². The van der Waals surface area contributed by atoms with E-state index in [1.54, 1.807) is 0 Å². The summed E-state index contributed by atoms with van der Waals surface area (Å²) in [5.41, 5.74) is 16.2. The Labute approximate surface area is 394 Å². The van der Waals surface area contributed by atoms with E-state index in [0.717, 1.165) is 10.9 Å². The van der Waals surface area contributed by atoms with Gasteiger partial charge in [-0.25, -0.2) is 0 Å². The summed E-state index contributed by atoms with van der Waals surface area (Å²) in [6.07, 6.45) is 0. The average molecular weight is 869 g/mol. The van der Waals surface area contributed by atoms with Crippen molar-refractivity contribution < 1.29 is 18.6 Å². The van der Waals surface area contributed by atoms with Crippen molar-refractivity contribution in [3.8, 4) is 22.3 Å². The minimum absolute atomic E-state index is 0.449. The maximum Gasteiger partial charge on any atom is 0.494 e. The van der Waals surface area contributed by atoms with Gasteiger partial charge >= 0.3 is 14.2 Å². The lowest BCUT2D eigenvalue weighted by Gasteiger charge is -2.37. The number of hydrogen-bond donors (Lipinski definition) is 0. The highest BCUT2D eigenvalue weighted by molar-refractivity contribution is 6.62. The molecule has 0 amide bonds. The Morgan fingerprint density at radius 3 is 1.24 bits per heavy atom. The van der Waals surface area contributed by atoms with Crippen molar-refractivity contribution in [3.63, 3.8) is 0 Å². The van der Waals surface area contributed by atoms with Gasteiger partial charge in [-0.3, -0.25) is 0 Å². The van der Waals surface area contributed by atoms with E-state index in [9.17, 15) is 0 Å². The molecule has 3 aliphatic rings. The SMILES string of the molecule is Cc1ccc(C(C)(c2ccc(C)cc2)c2cc3c(cc2-c2ccccc2C)C(c2ccc(B4OC(C)(C)C(C)(C)O4)cc2)(c2ccc(B4OC(C)(C)C(C)(C)O4)cc2)c2ccccc2-3)cc1. The van der Waals surface area contributed by atoms with Crippen molar-refractivity contribution in [2.75, 3.05) is 0 Å². The standard InChI is InChI=1S/C60H62B2O4/c1-39-21-25-42(26-22-39)59(12,43-27-23-40(2)24-28-43)53-37-51-49-19-15-16-20-52(49)60(54(51)38-50(53)48-18-14-13-17-41(48)3,44-29-33-46(34-30-44)61-63-55(4,5)56(6,7)64-61)45-31-35-47(36-32-45)62-65-57(8,9)58(10,11)66-62/h13-38H,1-12H3. The van der Waals surface area contributed by atoms with Gasteiger partial charge in [0.2, 0.25) is 0 Å². The third kappa shape index (κ3) is 6.81. The van der Waals surface area contributed by atoms with Crippen molar-refractivity contribution >= 4 is 25.2 Å². The van der Waals surface area contributed by atoms with Crippen molar-refractivity contribution in [2.24, 2.45) is 0 Å². The Kier molecular flexibility index (Phi) is 10.4. The fourth-order valence-corrected chi connectivity index (χ4v) is 10.6. The molecule has 0 atom stereocenters. The van der Waals surface area contributed by atoms with E-state index < -0.39 is 47.5 Å². The van der Waals surface area contributed by atoms with Gasteiger partial charge in [0.15, 0.2) is 0 Å². The van der Waals surface area contributed by atoms with Gasteiger partial charge in [-0.15, -0.1) is 0 Å². The lowest BCUT2D eigenvalue weighted by Crippen LogP contribution is -2.41. The fourth-order valence-electron chi connectivity index (χ4n) is 10.6. The number of fused-ring (bicyclic) bond motifs is 3. The van der Waals surface area contributed by atoms with Gasteiger partial charge in [-0.05, 0) is 173 Å². The molecule has 2 aliphatic heterocycles. The van der Waals surface area contributed by atoms with Crippen LogP contribution in [0.4, 0.5) is 0 Å². The molecule has 0 spiro atoms. The van der Waals surface area contributed by atoms with Crippen LogP contribution in [0.5, 0.6) is 0 Å². The summed E-state index contributed by atoms with van der Waals surface area (Å²) in [4.78, 5) is 0. The summed E-state index contributed by atoms with van der Waals surface area (Å²) in [5, 5.41) is 0. The van der Waals surface area contributed by atoms with Crippen LogP contribution < -0.4 is 10.9 Å². The molecule has 2 fully saturated rings. The smallest absolute Gasteiger partial charge is 0.399 e. The van der Waals surface area contributed by atoms with Crippen LogP contribution in [0.15, 0.2) is 158 Å². The highest BCUT2D eigenvalue weighted by Gasteiger charge is 2.54. The Bertz CT molecular complexity index is 2810. The largest absolute Gasteiger partial charge is 0.494 e. The van der Waals surface area contributed by atoms with Crippen molar-refractivity contribution in [1.29, 1.82) is 0 Å². The number of aryl methyl sites for hydroxylation is 3. The third-order valence-corrected chi connectivity index (χ3v) is 16.2. The van der Waals surface area contributed by atoms with E-state index in [1.165, 1.54) is 77.9 Å². The Hall–Kier alpha value is -5.49. The van der Waals surface area contributed by atoms with Gasteiger partial charge in [0.1, 0.15) is 0 Å². The summed E-state index contributed by atoms with van der Waals surface area (Å²) >= 11 is 0. The normalized spacial score (nSPS) is 18.6. The lowest BCUT2D eigenvalue weighted by atomic mass is 9.64. The van der Waals surface area contributed by atoms with Crippen molar-refractivity contribution in [1.82, 2.24) is 0 Å². The molecule has 0 aromatic heterocycles. The second-order valence-electron chi connectivity index (χ2n) is 21.3. The monoisotopic (exact) mass is 868 g/mol. The number of rotatable bonds is 8. The molecule has 10 rings (SSSR count). The quantitative estimate of drug-likeness (QED) is 0.113. The summed E-state index contributed by atoms with van der Waals surface area (Å²) in [7, 11) is -0.947. The maximum absolute atomic E-state index is 6.59. The second kappa shape index (κ2) is 15.5. The molecule has 0 bridgehead atoms. The fraction of sp³-hybridized carbons (Fsp3) is 0.300. The molecule has 2 heterocycles. The molecule has 0 radical (unpaired) electrons. The topological polar surface area (TPSA) is 36.9 Å². The van der Waals surface area contributed by atoms with Crippen LogP contribution in [0.1, 0.15) is 118 Å². The molecule has 0 N–H and O–H groups in total. The maximum atomic E-state index is 6.59. The molecular weight excluding hydrogens is 806 g/mol. The highest BCUT2D eigenvalue weighted by atomic mass is 16.7. The van der Waals surface area contributed by atoms with E-state index in [1.807, 2.05) is 0 Å². The van der Waals surface area contributed by atoms with Gasteiger partial charge in [-0.1, -0.05) is 157 Å². The zero-order valence-corrected chi connectivity index (χ0v) is 40.8. The second-order valence-corrected chi connectivity index (χ2v) is 21.3. The summed E-state index contributed by atoms with van der Waals surface area (Å²) in [5.74, 6) is 0. The van der Waals surface area contributed by atoms with E-state index in [0.29, 0.717) is 0 Å². The van der Waals surface area contributed by atoms with E-state index in [2.05, 4.69) is 241 Å². The molecule has 4 nitrogen and oxygen atoms in total. The molecule has 66 heavy (non-hydrogen) atoms. The zero-order chi connectivity index (χ0) is 46.6. The van der Waals surface area contributed by atoms with Crippen molar-refractivity contribution in [3.05, 3.63) is 213 Å². The zero-order valence-electron chi connectivity index (χ0n) is 40.8. The van der Waals surface area contributed by atoms with Gasteiger partial charge in [-0.2, -0.15) is 0 Å². The first-order valence-corrected chi connectivity index (χ1v) is 23.7. The van der Waals surface area contributed by atoms with Gasteiger partial charge in [0, 0.05) is 5.41 Å². The van der Waals surface area contributed by atoms with Crippen LogP contribution in [-0.4, -0.2) is 36.6 Å². The number of benzene rings is 7. The van der Waals surface area contributed by atoms with E-state index in [-0.39, 0.29) is 0 Å². The molecule has 1 aliphatic carbocycles. The van der Waals surface area contributed by atoms with Crippen LogP contribution in [-0.2, 0) is 29.4 Å². The Balaban J connectivity index is 1.26. The van der Waals surface area contributed by atoms with Crippen LogP contribution >= 0.6 is 0 Å². The van der Waals surface area contributed by atoms with Crippen LogP contribution in [0.2, 0.25) is 0 Å². The molecule has 6 heteroatoms. The summed E-state index contributed by atoms with van der Waals surface area (Å²) in [6.45, 7) is 25.9. The van der Waals surface area contributed by atoms with Crippen LogP contribution in [0.25, 0.3) is 22.3 Å². The molecule has 7 aromatic rings. The Morgan fingerprint density at radius 2 is 0.803 bits per heavy atom. The Morgan fingerprint density at radius 1 is 0.394 bits per heavy atom. The lowest BCUT2D eigenvalue weighted by molar-refractivity contribution is 0.00578. The minimum Gasteiger partial charge on any atom is -0.399 e. The highest BCUT2D eigenvalue weighted by Crippen LogP contribution is 2.59. The van der Waals surface area contributed by atoms with Crippen LogP contribution in [0, 0.1) is 20.8 Å². The molecule has 332 valence electrons. The molecule has 2 saturated heterocycles. The predicted octanol–water partition coefficient (Wildman–Crippen LogP) is 12.6. The van der Waals surface area contributed by atoms with E-state index >= 15 is 0 Å². The molecule has 0 saturated carbocycles. The molecule has 7 aromatic carbocycles. The van der Waals surface area contributed by atoms with Crippen molar-refractivity contribution in [2.45, 2.75) is 116 Å². The minimum atomic E-state index is -0.699. The van der Waals surface area contributed by atoms with Gasteiger partial charge in [0.25, 0.3) is 0 Å². The first-order chi connectivity index (χ1) is 31.3. The van der Waals surface area contributed by atoms with Crippen LogP contribution in [0.3, 0.4) is 0 Å². The van der Waals surface area contributed by atoms with Gasteiger partial charge in [0.05, 0.1) is 27.8 Å². The predicted molar refractivity (Wildman–Crippen MR) is 273 cm³/mol. The first-order valence-electron chi connectivity index (χ1n) is 23.7. The first kappa shape index (κ1) is 44.4. The van der Waals surface area contributed by atoms with Gasteiger partial charge < -0.3 is 18.6 Å². The third-order valence-electron chi connectivity index (χ3n) is 16.2. The summed E-state index contributed by atoms with van der Waals surface area (Å²) in [6, 6.07) is 59.4.